The van der Waals surface area contributed by atoms with Crippen molar-refractivity contribution in [3.63, 3.8) is 0 Å². The number of rotatable bonds is 3. The van der Waals surface area contributed by atoms with Crippen LogP contribution in [0.1, 0.15) is 21.5 Å². The molecule has 1 aromatic heterocycles. The van der Waals surface area contributed by atoms with Gasteiger partial charge >= 0.3 is 0 Å². The molecule has 0 aliphatic rings. The zero-order chi connectivity index (χ0) is 14.9. The first-order valence-corrected chi connectivity index (χ1v) is 6.99. The first kappa shape index (κ1) is 14.7. The minimum atomic E-state index is -0.248. The summed E-state index contributed by atoms with van der Waals surface area (Å²) in [4.78, 5) is 12.5. The second-order valence-corrected chi connectivity index (χ2v) is 5.63. The lowest BCUT2D eigenvalue weighted by Crippen LogP contribution is -2.19. The number of nitrogens with one attached hydrogen (secondary N) is 1. The first-order chi connectivity index (χ1) is 9.40. The number of amides is 1. The van der Waals surface area contributed by atoms with Crippen LogP contribution in [0.25, 0.3) is 0 Å². The van der Waals surface area contributed by atoms with Gasteiger partial charge in [0.05, 0.1) is 17.3 Å². The summed E-state index contributed by atoms with van der Waals surface area (Å²) < 4.78 is 2.25. The fourth-order valence-electron chi connectivity index (χ4n) is 1.75. The molecule has 0 saturated carbocycles. The standard InChI is InChI=1S/C13H13BrN4OS/c1-7-3-4-10(14)8(5-7)13(19)17-12-9(11(15)20)6-16-18(12)2/h3-6H,1-2H3,(H2,15,20)(H,17,19). The summed E-state index contributed by atoms with van der Waals surface area (Å²) in [6, 6.07) is 5.56. The van der Waals surface area contributed by atoms with Crippen molar-refractivity contribution in [1.82, 2.24) is 9.78 Å². The minimum absolute atomic E-state index is 0.191. The number of nitrogens with zero attached hydrogens (tertiary/aromatic N) is 2. The molecular weight excluding hydrogens is 340 g/mol. The van der Waals surface area contributed by atoms with E-state index in [1.54, 1.807) is 13.1 Å². The molecule has 0 radical (unpaired) electrons. The maximum atomic E-state index is 12.3. The van der Waals surface area contributed by atoms with Crippen LogP contribution >= 0.6 is 28.1 Å². The number of anilines is 1. The smallest absolute Gasteiger partial charge is 0.257 e. The summed E-state index contributed by atoms with van der Waals surface area (Å²) in [6.45, 7) is 1.92. The van der Waals surface area contributed by atoms with Crippen LogP contribution in [-0.4, -0.2) is 20.7 Å². The molecule has 20 heavy (non-hydrogen) atoms. The van der Waals surface area contributed by atoms with Crippen LogP contribution in [0.15, 0.2) is 28.9 Å². The van der Waals surface area contributed by atoms with E-state index in [2.05, 4.69) is 26.3 Å². The van der Waals surface area contributed by atoms with E-state index in [0.29, 0.717) is 16.9 Å². The van der Waals surface area contributed by atoms with Gasteiger partial charge < -0.3 is 11.1 Å². The molecule has 3 N–H and O–H groups in total. The number of hydrogen-bond donors (Lipinski definition) is 2. The van der Waals surface area contributed by atoms with Gasteiger partial charge in [-0.3, -0.25) is 9.48 Å². The van der Waals surface area contributed by atoms with Crippen molar-refractivity contribution < 1.29 is 4.79 Å². The molecule has 5 nitrogen and oxygen atoms in total. The average molecular weight is 353 g/mol. The highest BCUT2D eigenvalue weighted by molar-refractivity contribution is 9.10. The lowest BCUT2D eigenvalue weighted by Gasteiger charge is -2.09. The van der Waals surface area contributed by atoms with E-state index < -0.39 is 0 Å². The normalized spacial score (nSPS) is 10.3. The summed E-state index contributed by atoms with van der Waals surface area (Å²) in [5.41, 5.74) is 7.70. The Morgan fingerprint density at radius 1 is 1.45 bits per heavy atom. The average Bonchev–Trinajstić information content (AvgIpc) is 2.74. The third kappa shape index (κ3) is 2.88. The van der Waals surface area contributed by atoms with E-state index in [0.717, 1.165) is 10.0 Å². The third-order valence-electron chi connectivity index (χ3n) is 2.80. The number of carbonyl (C=O) groups excluding carboxylic acids is 1. The van der Waals surface area contributed by atoms with Crippen molar-refractivity contribution in [2.24, 2.45) is 12.8 Å². The van der Waals surface area contributed by atoms with E-state index in [1.165, 1.54) is 10.9 Å². The fraction of sp³-hybridized carbons (Fsp3) is 0.154. The van der Waals surface area contributed by atoms with Crippen molar-refractivity contribution in [3.05, 3.63) is 45.6 Å². The summed E-state index contributed by atoms with van der Waals surface area (Å²) >= 11 is 8.31. The predicted octanol–water partition coefficient (Wildman–Crippen LogP) is 2.38. The highest BCUT2D eigenvalue weighted by Crippen LogP contribution is 2.21. The number of carbonyl (C=O) groups is 1. The van der Waals surface area contributed by atoms with Crippen molar-refractivity contribution in [2.45, 2.75) is 6.92 Å². The molecule has 0 fully saturated rings. The number of thiocarbonyl (C=S) groups is 1. The molecule has 104 valence electrons. The summed E-state index contributed by atoms with van der Waals surface area (Å²) in [5, 5.41) is 6.84. The number of benzene rings is 1. The van der Waals surface area contributed by atoms with Gasteiger partial charge in [-0.2, -0.15) is 5.10 Å². The lowest BCUT2D eigenvalue weighted by atomic mass is 10.1. The van der Waals surface area contributed by atoms with Crippen LogP contribution in [-0.2, 0) is 7.05 Å². The van der Waals surface area contributed by atoms with Crippen LogP contribution in [0, 0.1) is 6.92 Å². The minimum Gasteiger partial charge on any atom is -0.389 e. The van der Waals surface area contributed by atoms with E-state index in [1.807, 2.05) is 19.1 Å². The van der Waals surface area contributed by atoms with Gasteiger partial charge in [-0.15, -0.1) is 0 Å². The lowest BCUT2D eigenvalue weighted by molar-refractivity contribution is 0.102. The van der Waals surface area contributed by atoms with Crippen LogP contribution in [0.5, 0.6) is 0 Å². The maximum Gasteiger partial charge on any atom is 0.257 e. The van der Waals surface area contributed by atoms with Crippen LogP contribution in [0.4, 0.5) is 5.82 Å². The van der Waals surface area contributed by atoms with Crippen LogP contribution in [0.2, 0.25) is 0 Å². The molecule has 7 heteroatoms. The van der Waals surface area contributed by atoms with Gasteiger partial charge in [-0.25, -0.2) is 0 Å². The topological polar surface area (TPSA) is 72.9 Å². The molecule has 1 aromatic carbocycles. The molecule has 1 heterocycles. The molecule has 0 saturated heterocycles. The molecule has 2 aromatic rings. The Kier molecular flexibility index (Phi) is 4.20. The van der Waals surface area contributed by atoms with Gasteiger partial charge in [0.1, 0.15) is 10.8 Å². The van der Waals surface area contributed by atoms with Gasteiger partial charge in [0.15, 0.2) is 0 Å². The molecule has 0 unspecified atom stereocenters. The highest BCUT2D eigenvalue weighted by atomic mass is 79.9. The van der Waals surface area contributed by atoms with Gasteiger partial charge in [-0.1, -0.05) is 23.8 Å². The molecule has 0 aliphatic heterocycles. The second-order valence-electron chi connectivity index (χ2n) is 4.33. The molecule has 1 amide bonds. The largest absolute Gasteiger partial charge is 0.389 e. The number of aryl methyl sites for hydroxylation is 2. The quantitative estimate of drug-likeness (QED) is 0.831. The van der Waals surface area contributed by atoms with E-state index in [9.17, 15) is 4.79 Å². The Balaban J connectivity index is 2.35. The number of aromatic nitrogens is 2. The van der Waals surface area contributed by atoms with Crippen LogP contribution < -0.4 is 11.1 Å². The summed E-state index contributed by atoms with van der Waals surface area (Å²) in [5.74, 6) is 0.234. The summed E-state index contributed by atoms with van der Waals surface area (Å²) in [7, 11) is 1.71. The van der Waals surface area contributed by atoms with E-state index >= 15 is 0 Å². The Morgan fingerprint density at radius 3 is 2.80 bits per heavy atom. The van der Waals surface area contributed by atoms with Crippen molar-refractivity contribution in [3.8, 4) is 0 Å². The zero-order valence-electron chi connectivity index (χ0n) is 11.0. The molecule has 0 aliphatic carbocycles. The maximum absolute atomic E-state index is 12.3. The second kappa shape index (κ2) is 5.72. The van der Waals surface area contributed by atoms with Crippen molar-refractivity contribution in [2.75, 3.05) is 5.32 Å². The van der Waals surface area contributed by atoms with Crippen LogP contribution in [0.3, 0.4) is 0 Å². The summed E-state index contributed by atoms with van der Waals surface area (Å²) in [6.07, 6.45) is 1.53. The molecule has 0 bridgehead atoms. The SMILES string of the molecule is Cc1ccc(Br)c(C(=O)Nc2c(C(N)=S)cnn2C)c1. The third-order valence-corrected chi connectivity index (χ3v) is 3.71. The molecule has 0 atom stereocenters. The first-order valence-electron chi connectivity index (χ1n) is 5.79. The zero-order valence-corrected chi connectivity index (χ0v) is 13.4. The monoisotopic (exact) mass is 352 g/mol. The fourth-order valence-corrected chi connectivity index (χ4v) is 2.33. The predicted molar refractivity (Wildman–Crippen MR) is 85.9 cm³/mol. The highest BCUT2D eigenvalue weighted by Gasteiger charge is 2.16. The van der Waals surface area contributed by atoms with Gasteiger partial charge in [0.2, 0.25) is 0 Å². The van der Waals surface area contributed by atoms with Crippen molar-refractivity contribution >= 4 is 44.9 Å². The Bertz CT molecular complexity index is 696. The number of halogens is 1. The number of hydrogen-bond acceptors (Lipinski definition) is 3. The van der Waals surface area contributed by atoms with Gasteiger partial charge in [-0.05, 0) is 35.0 Å². The van der Waals surface area contributed by atoms with Gasteiger partial charge in [0.25, 0.3) is 5.91 Å². The Hall–Kier alpha value is -1.73. The van der Waals surface area contributed by atoms with E-state index in [4.69, 9.17) is 18.0 Å². The molecule has 2 rings (SSSR count). The molecular formula is C13H13BrN4OS. The Labute approximate surface area is 130 Å². The Morgan fingerprint density at radius 2 is 2.15 bits per heavy atom. The number of nitrogens with two attached hydrogens (primary N) is 1. The van der Waals surface area contributed by atoms with Gasteiger partial charge in [0, 0.05) is 11.5 Å². The molecule has 0 spiro atoms. The van der Waals surface area contributed by atoms with Crippen molar-refractivity contribution in [1.29, 1.82) is 0 Å². The van der Waals surface area contributed by atoms with E-state index in [-0.39, 0.29) is 10.9 Å².